The summed E-state index contributed by atoms with van der Waals surface area (Å²) in [6.07, 6.45) is 2.06. The summed E-state index contributed by atoms with van der Waals surface area (Å²) in [6, 6.07) is 11.6. The number of hydrogen-bond donors (Lipinski definition) is 0. The third kappa shape index (κ3) is 3.52. The van der Waals surface area contributed by atoms with Crippen molar-refractivity contribution in [2.45, 2.75) is 26.4 Å². The van der Waals surface area contributed by atoms with Gasteiger partial charge in [-0.05, 0) is 44.2 Å². The lowest BCUT2D eigenvalue weighted by Gasteiger charge is -2.10. The summed E-state index contributed by atoms with van der Waals surface area (Å²) in [4.78, 5) is 8.40. The first kappa shape index (κ1) is 13.0. The number of rotatable bonds is 4. The van der Waals surface area contributed by atoms with Crippen LogP contribution < -0.4 is 4.74 Å². The average Bonchev–Trinajstić information content (AvgIpc) is 2.40. The molecule has 1 aromatic heterocycles. The van der Waals surface area contributed by atoms with Gasteiger partial charge in [-0.3, -0.25) is 0 Å². The third-order valence-electron chi connectivity index (χ3n) is 2.46. The van der Waals surface area contributed by atoms with Crippen molar-refractivity contribution in [3.8, 4) is 23.1 Å². The quantitative estimate of drug-likeness (QED) is 0.840. The molecule has 0 aliphatic heterocycles. The molecule has 0 fully saturated rings. The average molecular weight is 253 g/mol. The Morgan fingerprint density at radius 1 is 1.21 bits per heavy atom. The zero-order chi connectivity index (χ0) is 13.7. The van der Waals surface area contributed by atoms with Gasteiger partial charge in [0, 0.05) is 11.8 Å². The molecule has 0 aliphatic carbocycles. The topological polar surface area (TPSA) is 58.8 Å². The van der Waals surface area contributed by atoms with Crippen LogP contribution in [0.3, 0.4) is 0 Å². The minimum absolute atomic E-state index is 0.159. The molecule has 0 aliphatic rings. The van der Waals surface area contributed by atoms with E-state index in [1.807, 2.05) is 50.2 Å². The van der Waals surface area contributed by atoms with E-state index in [-0.39, 0.29) is 12.5 Å². The molecule has 0 atom stereocenters. The summed E-state index contributed by atoms with van der Waals surface area (Å²) in [5, 5.41) is 8.65. The second-order valence-electron chi connectivity index (χ2n) is 4.38. The van der Waals surface area contributed by atoms with E-state index in [0.29, 0.717) is 5.82 Å². The molecule has 2 rings (SSSR count). The predicted octanol–water partition coefficient (Wildman–Crippen LogP) is 3.00. The van der Waals surface area contributed by atoms with Crippen LogP contribution in [-0.4, -0.2) is 16.1 Å². The van der Waals surface area contributed by atoms with Crippen molar-refractivity contribution in [1.29, 1.82) is 5.26 Å². The van der Waals surface area contributed by atoms with E-state index in [0.717, 1.165) is 17.0 Å². The van der Waals surface area contributed by atoms with Gasteiger partial charge in [0.15, 0.2) is 0 Å². The monoisotopic (exact) mass is 253 g/mol. The van der Waals surface area contributed by atoms with Gasteiger partial charge in [0.1, 0.15) is 11.6 Å². The minimum atomic E-state index is 0.159. The van der Waals surface area contributed by atoms with Crippen molar-refractivity contribution >= 4 is 0 Å². The Hall–Kier alpha value is -2.41. The Balaban J connectivity index is 2.22. The normalized spacial score (nSPS) is 10.2. The van der Waals surface area contributed by atoms with Crippen molar-refractivity contribution in [3.63, 3.8) is 0 Å². The molecule has 4 heteroatoms. The summed E-state index contributed by atoms with van der Waals surface area (Å²) in [7, 11) is 0. The summed E-state index contributed by atoms with van der Waals surface area (Å²) >= 11 is 0. The van der Waals surface area contributed by atoms with E-state index in [1.165, 1.54) is 0 Å². The van der Waals surface area contributed by atoms with Gasteiger partial charge in [-0.1, -0.05) is 0 Å². The molecule has 1 heterocycles. The SMILES string of the molecule is CC(C)Oc1ccc(-c2ccnc(CC#N)n2)cc1. The number of aromatic nitrogens is 2. The van der Waals surface area contributed by atoms with Crippen molar-refractivity contribution in [2.75, 3.05) is 0 Å². The zero-order valence-corrected chi connectivity index (χ0v) is 11.0. The van der Waals surface area contributed by atoms with E-state index in [9.17, 15) is 0 Å². The van der Waals surface area contributed by atoms with E-state index < -0.39 is 0 Å². The Morgan fingerprint density at radius 3 is 2.58 bits per heavy atom. The molecule has 0 amide bonds. The molecular formula is C15H15N3O. The zero-order valence-electron chi connectivity index (χ0n) is 11.0. The second-order valence-corrected chi connectivity index (χ2v) is 4.38. The summed E-state index contributed by atoms with van der Waals surface area (Å²) in [5.41, 5.74) is 1.80. The smallest absolute Gasteiger partial charge is 0.142 e. The highest BCUT2D eigenvalue weighted by molar-refractivity contribution is 5.59. The fourth-order valence-electron chi connectivity index (χ4n) is 1.69. The molecule has 0 saturated carbocycles. The van der Waals surface area contributed by atoms with Gasteiger partial charge < -0.3 is 4.74 Å². The summed E-state index contributed by atoms with van der Waals surface area (Å²) < 4.78 is 5.59. The fourth-order valence-corrected chi connectivity index (χ4v) is 1.69. The number of benzene rings is 1. The van der Waals surface area contributed by atoms with E-state index >= 15 is 0 Å². The van der Waals surface area contributed by atoms with E-state index in [1.54, 1.807) is 6.20 Å². The second kappa shape index (κ2) is 5.96. The van der Waals surface area contributed by atoms with Crippen molar-refractivity contribution in [2.24, 2.45) is 0 Å². The molecule has 2 aromatic rings. The van der Waals surface area contributed by atoms with Gasteiger partial charge in [0.05, 0.1) is 24.3 Å². The molecule has 0 radical (unpaired) electrons. The first-order valence-electron chi connectivity index (χ1n) is 6.15. The Labute approximate surface area is 112 Å². The van der Waals surface area contributed by atoms with Crippen LogP contribution in [0.4, 0.5) is 0 Å². The molecule has 1 aromatic carbocycles. The van der Waals surface area contributed by atoms with Crippen LogP contribution in [0.1, 0.15) is 19.7 Å². The number of ether oxygens (including phenoxy) is 1. The third-order valence-corrected chi connectivity index (χ3v) is 2.46. The molecule has 0 N–H and O–H groups in total. The molecule has 0 spiro atoms. The van der Waals surface area contributed by atoms with Gasteiger partial charge in [-0.2, -0.15) is 5.26 Å². The number of nitriles is 1. The molecule has 0 saturated heterocycles. The van der Waals surface area contributed by atoms with Crippen LogP contribution in [0.2, 0.25) is 0 Å². The van der Waals surface area contributed by atoms with Gasteiger partial charge >= 0.3 is 0 Å². The highest BCUT2D eigenvalue weighted by atomic mass is 16.5. The fraction of sp³-hybridized carbons (Fsp3) is 0.267. The molecule has 0 unspecified atom stereocenters. The highest BCUT2D eigenvalue weighted by Crippen LogP contribution is 2.21. The molecule has 19 heavy (non-hydrogen) atoms. The lowest BCUT2D eigenvalue weighted by atomic mass is 10.1. The summed E-state index contributed by atoms with van der Waals surface area (Å²) in [6.45, 7) is 3.99. The Kier molecular flexibility index (Phi) is 4.09. The molecule has 4 nitrogen and oxygen atoms in total. The van der Waals surface area contributed by atoms with Crippen molar-refractivity contribution < 1.29 is 4.74 Å². The maximum absolute atomic E-state index is 8.65. The molecule has 96 valence electrons. The van der Waals surface area contributed by atoms with Gasteiger partial charge in [-0.15, -0.1) is 0 Å². The first-order chi connectivity index (χ1) is 9.19. The lowest BCUT2D eigenvalue weighted by molar-refractivity contribution is 0.242. The van der Waals surface area contributed by atoms with Crippen molar-refractivity contribution in [1.82, 2.24) is 9.97 Å². The Bertz CT molecular complexity index is 585. The van der Waals surface area contributed by atoms with Crippen LogP contribution >= 0.6 is 0 Å². The van der Waals surface area contributed by atoms with Crippen molar-refractivity contribution in [3.05, 3.63) is 42.4 Å². The van der Waals surface area contributed by atoms with Crippen LogP contribution in [0.5, 0.6) is 5.75 Å². The van der Waals surface area contributed by atoms with Gasteiger partial charge in [-0.25, -0.2) is 9.97 Å². The van der Waals surface area contributed by atoms with Crippen LogP contribution in [0.25, 0.3) is 11.3 Å². The lowest BCUT2D eigenvalue weighted by Crippen LogP contribution is -2.05. The number of nitrogens with zero attached hydrogens (tertiary/aromatic N) is 3. The molecular weight excluding hydrogens is 238 g/mol. The maximum Gasteiger partial charge on any atom is 0.142 e. The van der Waals surface area contributed by atoms with Crippen LogP contribution in [0, 0.1) is 11.3 Å². The van der Waals surface area contributed by atoms with Crippen LogP contribution in [0.15, 0.2) is 36.5 Å². The summed E-state index contributed by atoms with van der Waals surface area (Å²) in [5.74, 6) is 1.38. The minimum Gasteiger partial charge on any atom is -0.491 e. The first-order valence-corrected chi connectivity index (χ1v) is 6.15. The van der Waals surface area contributed by atoms with Crippen LogP contribution in [-0.2, 0) is 6.42 Å². The Morgan fingerprint density at radius 2 is 1.95 bits per heavy atom. The molecule has 0 bridgehead atoms. The standard InChI is InChI=1S/C15H15N3O/c1-11(2)19-13-5-3-12(4-6-13)14-8-10-17-15(18-14)7-9-16/h3-6,8,10-11H,7H2,1-2H3. The maximum atomic E-state index is 8.65. The largest absolute Gasteiger partial charge is 0.491 e. The highest BCUT2D eigenvalue weighted by Gasteiger charge is 2.03. The van der Waals surface area contributed by atoms with E-state index in [4.69, 9.17) is 10.00 Å². The van der Waals surface area contributed by atoms with Gasteiger partial charge in [0.2, 0.25) is 0 Å². The van der Waals surface area contributed by atoms with E-state index in [2.05, 4.69) is 9.97 Å². The number of hydrogen-bond acceptors (Lipinski definition) is 4. The predicted molar refractivity (Wildman–Crippen MR) is 72.5 cm³/mol. The van der Waals surface area contributed by atoms with Gasteiger partial charge in [0.25, 0.3) is 0 Å².